The van der Waals surface area contributed by atoms with Gasteiger partial charge < -0.3 is 26.2 Å². The van der Waals surface area contributed by atoms with Gasteiger partial charge in [0.2, 0.25) is 17.7 Å². The van der Waals surface area contributed by atoms with E-state index in [1.807, 2.05) is 65.6 Å². The molecule has 1 saturated carbocycles. The zero-order chi connectivity index (χ0) is 30.4. The minimum Gasteiger partial charge on any atom is -0.354 e. The van der Waals surface area contributed by atoms with Gasteiger partial charge in [-0.15, -0.1) is 11.3 Å². The highest BCUT2D eigenvalue weighted by Crippen LogP contribution is 2.32. The van der Waals surface area contributed by atoms with Gasteiger partial charge >= 0.3 is 0 Å². The fourth-order valence-electron chi connectivity index (χ4n) is 6.22. The van der Waals surface area contributed by atoms with Gasteiger partial charge in [0.15, 0.2) is 0 Å². The van der Waals surface area contributed by atoms with E-state index in [9.17, 15) is 19.2 Å². The summed E-state index contributed by atoms with van der Waals surface area (Å²) in [6.45, 7) is 5.56. The second kappa shape index (κ2) is 13.7. The molecule has 0 spiro atoms. The number of amides is 4. The molecule has 0 unspecified atom stereocenters. The highest BCUT2D eigenvalue weighted by Gasteiger charge is 2.44. The summed E-state index contributed by atoms with van der Waals surface area (Å²) >= 11 is 1.40. The van der Waals surface area contributed by atoms with Gasteiger partial charge in [-0.2, -0.15) is 0 Å². The SMILES string of the molecule is C[C@@H]1CN(C(=O)CCNC(=O)[C@@H](Cc2ccccc2)NC(=O)C2(NC(=O)c3cc4ccccc4s3)CCCC2)C[C@H](C)N1. The van der Waals surface area contributed by atoms with Crippen molar-refractivity contribution in [3.05, 3.63) is 71.1 Å². The van der Waals surface area contributed by atoms with Crippen LogP contribution in [0.1, 0.15) is 61.2 Å². The maximum atomic E-state index is 13.9. The molecule has 9 nitrogen and oxygen atoms in total. The highest BCUT2D eigenvalue weighted by molar-refractivity contribution is 7.20. The third-order valence-electron chi connectivity index (χ3n) is 8.35. The van der Waals surface area contributed by atoms with Crippen LogP contribution in [0.25, 0.3) is 10.1 Å². The van der Waals surface area contributed by atoms with Crippen molar-refractivity contribution in [2.45, 2.75) is 76.0 Å². The summed E-state index contributed by atoms with van der Waals surface area (Å²) in [6.07, 6.45) is 3.10. The quantitative estimate of drug-likeness (QED) is 0.283. The molecule has 2 aliphatic rings. The van der Waals surface area contributed by atoms with Crippen molar-refractivity contribution in [3.8, 4) is 0 Å². The number of nitrogens with zero attached hydrogens (tertiary/aromatic N) is 1. The second-order valence-electron chi connectivity index (χ2n) is 11.9. The molecule has 228 valence electrons. The van der Waals surface area contributed by atoms with Gasteiger partial charge in [-0.05, 0) is 49.8 Å². The predicted octanol–water partition coefficient (Wildman–Crippen LogP) is 3.39. The van der Waals surface area contributed by atoms with Crippen LogP contribution in [0.15, 0.2) is 60.7 Å². The summed E-state index contributed by atoms with van der Waals surface area (Å²) < 4.78 is 1.01. The minimum absolute atomic E-state index is 0.00185. The first-order chi connectivity index (χ1) is 20.7. The number of thiophene rings is 1. The lowest BCUT2D eigenvalue weighted by Gasteiger charge is -2.36. The van der Waals surface area contributed by atoms with Gasteiger partial charge in [-0.3, -0.25) is 19.2 Å². The Labute approximate surface area is 256 Å². The molecule has 1 aromatic heterocycles. The Bertz CT molecular complexity index is 1410. The van der Waals surface area contributed by atoms with Gasteiger partial charge in [0.05, 0.1) is 4.88 Å². The van der Waals surface area contributed by atoms with E-state index < -0.39 is 11.6 Å². The van der Waals surface area contributed by atoms with Crippen LogP contribution in [-0.2, 0) is 20.8 Å². The lowest BCUT2D eigenvalue weighted by molar-refractivity contribution is -0.134. The zero-order valence-electron chi connectivity index (χ0n) is 24.9. The van der Waals surface area contributed by atoms with Crippen LogP contribution < -0.4 is 21.3 Å². The zero-order valence-corrected chi connectivity index (χ0v) is 25.7. The lowest BCUT2D eigenvalue weighted by atomic mass is 9.94. The average molecular weight is 604 g/mol. The molecule has 43 heavy (non-hydrogen) atoms. The standard InChI is InChI=1S/C33H41N5O4S/c1-22-20-38(21-23(2)35-22)29(39)14-17-34-30(40)26(18-24-10-4-3-5-11-24)36-32(42)33(15-8-9-16-33)37-31(41)28-19-25-12-6-7-13-27(25)43-28/h3-7,10-13,19,22-23,26,35H,8-9,14-18,20-21H2,1-2H3,(H,34,40)(H,36,42)(H,37,41)/t22-,23+,26-/m1/s1. The van der Waals surface area contributed by atoms with E-state index in [1.165, 1.54) is 11.3 Å². The van der Waals surface area contributed by atoms with Crippen molar-refractivity contribution in [2.24, 2.45) is 0 Å². The second-order valence-corrected chi connectivity index (χ2v) is 13.0. The van der Waals surface area contributed by atoms with Crippen LogP contribution in [0, 0.1) is 0 Å². The van der Waals surface area contributed by atoms with Crippen molar-refractivity contribution >= 4 is 45.1 Å². The summed E-state index contributed by atoms with van der Waals surface area (Å²) in [5.41, 5.74) is -0.189. The molecule has 4 N–H and O–H groups in total. The van der Waals surface area contributed by atoms with E-state index in [4.69, 9.17) is 0 Å². The Balaban J connectivity index is 1.25. The molecule has 0 radical (unpaired) electrons. The molecule has 10 heteroatoms. The Morgan fingerprint density at radius 1 is 0.977 bits per heavy atom. The molecule has 1 aliphatic carbocycles. The Hall–Kier alpha value is -3.76. The molecule has 3 aromatic rings. The van der Waals surface area contributed by atoms with E-state index >= 15 is 0 Å². The summed E-state index contributed by atoms with van der Waals surface area (Å²) in [4.78, 5) is 56.0. The van der Waals surface area contributed by atoms with E-state index in [2.05, 4.69) is 35.1 Å². The third kappa shape index (κ3) is 7.61. The van der Waals surface area contributed by atoms with Gasteiger partial charge in [0.25, 0.3) is 5.91 Å². The van der Waals surface area contributed by atoms with Crippen LogP contribution in [-0.4, -0.2) is 71.8 Å². The van der Waals surface area contributed by atoms with Crippen LogP contribution >= 0.6 is 11.3 Å². The molecule has 5 rings (SSSR count). The number of hydrogen-bond acceptors (Lipinski definition) is 6. The largest absolute Gasteiger partial charge is 0.354 e. The topological polar surface area (TPSA) is 120 Å². The number of rotatable bonds is 10. The fraction of sp³-hybridized carbons (Fsp3) is 0.455. The number of nitrogens with one attached hydrogen (secondary N) is 4. The highest BCUT2D eigenvalue weighted by atomic mass is 32.1. The summed E-state index contributed by atoms with van der Waals surface area (Å²) in [7, 11) is 0. The number of benzene rings is 2. The molecule has 2 fully saturated rings. The molecular formula is C33H41N5O4S. The van der Waals surface area contributed by atoms with Crippen molar-refractivity contribution in [3.63, 3.8) is 0 Å². The summed E-state index contributed by atoms with van der Waals surface area (Å²) in [6, 6.07) is 18.7. The Morgan fingerprint density at radius 2 is 1.65 bits per heavy atom. The van der Waals surface area contributed by atoms with Crippen LogP contribution in [0.4, 0.5) is 0 Å². The predicted molar refractivity (Wildman–Crippen MR) is 169 cm³/mol. The molecule has 1 saturated heterocycles. The number of carbonyl (C=O) groups excluding carboxylic acids is 4. The molecule has 2 aromatic carbocycles. The van der Waals surface area contributed by atoms with Crippen LogP contribution in [0.2, 0.25) is 0 Å². The van der Waals surface area contributed by atoms with Crippen molar-refractivity contribution < 1.29 is 19.2 Å². The maximum Gasteiger partial charge on any atom is 0.262 e. The molecule has 1 aliphatic heterocycles. The molecule has 3 atom stereocenters. The van der Waals surface area contributed by atoms with Gasteiger partial charge in [-0.1, -0.05) is 61.4 Å². The maximum absolute atomic E-state index is 13.9. The van der Waals surface area contributed by atoms with Crippen molar-refractivity contribution in [1.29, 1.82) is 0 Å². The summed E-state index contributed by atoms with van der Waals surface area (Å²) in [5, 5.41) is 13.3. The molecule has 4 amide bonds. The van der Waals surface area contributed by atoms with E-state index in [0.717, 1.165) is 28.5 Å². The smallest absolute Gasteiger partial charge is 0.262 e. The van der Waals surface area contributed by atoms with Gasteiger partial charge in [-0.25, -0.2) is 0 Å². The molecule has 0 bridgehead atoms. The average Bonchev–Trinajstić information content (AvgIpc) is 3.65. The monoisotopic (exact) mass is 603 g/mol. The van der Waals surface area contributed by atoms with Gasteiger partial charge in [0, 0.05) is 49.3 Å². The first-order valence-electron chi connectivity index (χ1n) is 15.2. The minimum atomic E-state index is -1.09. The van der Waals surface area contributed by atoms with E-state index in [0.29, 0.717) is 37.2 Å². The Kier molecular flexibility index (Phi) is 9.77. The van der Waals surface area contributed by atoms with Crippen molar-refractivity contribution in [2.75, 3.05) is 19.6 Å². The number of piperazine rings is 1. The van der Waals surface area contributed by atoms with E-state index in [1.54, 1.807) is 0 Å². The third-order valence-corrected chi connectivity index (χ3v) is 9.46. The lowest BCUT2D eigenvalue weighted by Crippen LogP contribution is -2.61. The van der Waals surface area contributed by atoms with Gasteiger partial charge in [0.1, 0.15) is 11.6 Å². The molecular weight excluding hydrogens is 562 g/mol. The van der Waals surface area contributed by atoms with E-state index in [-0.39, 0.29) is 48.7 Å². The van der Waals surface area contributed by atoms with Crippen LogP contribution in [0.3, 0.4) is 0 Å². The first-order valence-corrected chi connectivity index (χ1v) is 16.0. The summed E-state index contributed by atoms with van der Waals surface area (Å²) in [5.74, 6) is -0.984. The number of carbonyl (C=O) groups is 4. The Morgan fingerprint density at radius 3 is 2.35 bits per heavy atom. The number of fused-ring (bicyclic) bond motifs is 1. The normalized spacial score (nSPS) is 20.4. The first kappa shape index (κ1) is 30.7. The van der Waals surface area contributed by atoms with Crippen LogP contribution in [0.5, 0.6) is 0 Å². The molecule has 2 heterocycles. The number of hydrogen-bond donors (Lipinski definition) is 4. The fourth-order valence-corrected chi connectivity index (χ4v) is 7.18. The van der Waals surface area contributed by atoms with Crippen molar-refractivity contribution in [1.82, 2.24) is 26.2 Å².